The predicted molar refractivity (Wildman–Crippen MR) is 70.2 cm³/mol. The molecule has 96 valence electrons. The molecule has 0 aromatic heterocycles. The Morgan fingerprint density at radius 2 is 1.94 bits per heavy atom. The van der Waals surface area contributed by atoms with Gasteiger partial charge in [0.1, 0.15) is 5.75 Å². The smallest absolute Gasteiger partial charge is 0.119 e. The van der Waals surface area contributed by atoms with Gasteiger partial charge >= 0.3 is 0 Å². The van der Waals surface area contributed by atoms with Gasteiger partial charge in [-0.2, -0.15) is 0 Å². The number of aliphatic hydroxyl groups excluding tert-OH is 1. The average Bonchev–Trinajstić information content (AvgIpc) is 2.29. The minimum absolute atomic E-state index is 0.00961. The lowest BCUT2D eigenvalue weighted by molar-refractivity contribution is 0.133. The third-order valence-corrected chi connectivity index (χ3v) is 2.78. The first-order valence-corrected chi connectivity index (χ1v) is 6.12. The normalized spacial score (nSPS) is 16.3. The molecule has 3 N–H and O–H groups in total. The Kier molecular flexibility index (Phi) is 4.97. The number of hydrogen-bond donors (Lipinski definition) is 2. The van der Waals surface area contributed by atoms with Crippen LogP contribution in [0, 0.1) is 0 Å². The van der Waals surface area contributed by atoms with Gasteiger partial charge in [-0.25, -0.2) is 0 Å². The highest BCUT2D eigenvalue weighted by atomic mass is 16.5. The van der Waals surface area contributed by atoms with E-state index in [2.05, 4.69) is 19.1 Å². The summed E-state index contributed by atoms with van der Waals surface area (Å²) >= 11 is 0. The van der Waals surface area contributed by atoms with E-state index in [1.807, 2.05) is 26.0 Å². The van der Waals surface area contributed by atoms with Gasteiger partial charge in [0, 0.05) is 12.0 Å². The summed E-state index contributed by atoms with van der Waals surface area (Å²) in [6.07, 6.45) is 1.64. The van der Waals surface area contributed by atoms with Crippen LogP contribution in [0.25, 0.3) is 0 Å². The van der Waals surface area contributed by atoms with E-state index in [0.29, 0.717) is 6.42 Å². The molecule has 0 radical (unpaired) electrons. The van der Waals surface area contributed by atoms with Crippen molar-refractivity contribution in [2.75, 3.05) is 6.61 Å². The van der Waals surface area contributed by atoms with Gasteiger partial charge in [-0.1, -0.05) is 19.1 Å². The fourth-order valence-electron chi connectivity index (χ4n) is 1.80. The summed E-state index contributed by atoms with van der Waals surface area (Å²) in [6.45, 7) is 5.89. The van der Waals surface area contributed by atoms with Crippen molar-refractivity contribution in [1.29, 1.82) is 0 Å². The molecule has 0 aliphatic carbocycles. The zero-order valence-electron chi connectivity index (χ0n) is 10.9. The van der Waals surface area contributed by atoms with E-state index >= 15 is 0 Å². The molecule has 0 bridgehead atoms. The van der Waals surface area contributed by atoms with Gasteiger partial charge in [0.25, 0.3) is 0 Å². The molecule has 1 rings (SSSR count). The second kappa shape index (κ2) is 6.03. The molecule has 0 saturated carbocycles. The van der Waals surface area contributed by atoms with Crippen molar-refractivity contribution >= 4 is 0 Å². The van der Waals surface area contributed by atoms with E-state index in [-0.39, 0.29) is 12.7 Å². The maximum absolute atomic E-state index is 9.10. The Hall–Kier alpha value is -1.06. The third-order valence-electron chi connectivity index (χ3n) is 2.78. The van der Waals surface area contributed by atoms with Crippen LogP contribution >= 0.6 is 0 Å². The highest BCUT2D eigenvalue weighted by Gasteiger charge is 2.21. The lowest BCUT2D eigenvalue weighted by Gasteiger charge is -2.26. The molecule has 0 spiro atoms. The van der Waals surface area contributed by atoms with Crippen molar-refractivity contribution in [3.63, 3.8) is 0 Å². The molecular weight excluding hydrogens is 214 g/mol. The van der Waals surface area contributed by atoms with Crippen molar-refractivity contribution in [3.05, 3.63) is 29.8 Å². The van der Waals surface area contributed by atoms with Gasteiger partial charge in [0.05, 0.1) is 12.7 Å². The summed E-state index contributed by atoms with van der Waals surface area (Å²) < 4.78 is 5.76. The van der Waals surface area contributed by atoms with Crippen molar-refractivity contribution in [3.8, 4) is 5.75 Å². The standard InChI is InChI=1S/C14H23NO2/c1-4-12-5-7-13(8-6-12)17-11(2)9-14(3,15)10-16/h5-8,11,16H,4,9-10,15H2,1-3H3. The monoisotopic (exact) mass is 237 g/mol. The topological polar surface area (TPSA) is 55.5 Å². The summed E-state index contributed by atoms with van der Waals surface area (Å²) in [6, 6.07) is 8.08. The zero-order valence-corrected chi connectivity index (χ0v) is 10.9. The summed E-state index contributed by atoms with van der Waals surface area (Å²) in [4.78, 5) is 0. The second-order valence-electron chi connectivity index (χ2n) is 4.94. The first kappa shape index (κ1) is 14.0. The third kappa shape index (κ3) is 4.75. The van der Waals surface area contributed by atoms with Gasteiger partial charge in [0.15, 0.2) is 0 Å². The van der Waals surface area contributed by atoms with E-state index < -0.39 is 5.54 Å². The summed E-state index contributed by atoms with van der Waals surface area (Å²) in [7, 11) is 0. The Morgan fingerprint density at radius 3 is 2.41 bits per heavy atom. The molecule has 2 unspecified atom stereocenters. The van der Waals surface area contributed by atoms with Crippen LogP contribution in [-0.4, -0.2) is 23.4 Å². The lowest BCUT2D eigenvalue weighted by Crippen LogP contribution is -2.43. The van der Waals surface area contributed by atoms with Crippen LogP contribution in [0.4, 0.5) is 0 Å². The summed E-state index contributed by atoms with van der Waals surface area (Å²) in [5.41, 5.74) is 6.60. The maximum atomic E-state index is 9.10. The predicted octanol–water partition coefficient (Wildman–Crippen LogP) is 2.12. The van der Waals surface area contributed by atoms with Crippen molar-refractivity contribution in [1.82, 2.24) is 0 Å². The minimum Gasteiger partial charge on any atom is -0.491 e. The molecule has 0 aliphatic rings. The Balaban J connectivity index is 2.52. The van der Waals surface area contributed by atoms with Crippen LogP contribution in [0.5, 0.6) is 5.75 Å². The fraction of sp³-hybridized carbons (Fsp3) is 0.571. The first-order chi connectivity index (χ1) is 7.96. The molecule has 0 amide bonds. The number of aryl methyl sites for hydroxylation is 1. The number of rotatable bonds is 6. The quantitative estimate of drug-likeness (QED) is 0.796. The molecular formula is C14H23NO2. The number of benzene rings is 1. The van der Waals surface area contributed by atoms with Gasteiger partial charge in [0.2, 0.25) is 0 Å². The number of hydrogen-bond acceptors (Lipinski definition) is 3. The Labute approximate surface area is 104 Å². The maximum Gasteiger partial charge on any atom is 0.119 e. The minimum atomic E-state index is -0.581. The average molecular weight is 237 g/mol. The molecule has 17 heavy (non-hydrogen) atoms. The first-order valence-electron chi connectivity index (χ1n) is 6.12. The summed E-state index contributed by atoms with van der Waals surface area (Å²) in [5.74, 6) is 0.850. The highest BCUT2D eigenvalue weighted by Crippen LogP contribution is 2.17. The summed E-state index contributed by atoms with van der Waals surface area (Å²) in [5, 5.41) is 9.10. The largest absolute Gasteiger partial charge is 0.491 e. The van der Waals surface area contributed by atoms with Crippen LogP contribution < -0.4 is 10.5 Å². The molecule has 3 heteroatoms. The van der Waals surface area contributed by atoms with Crippen LogP contribution in [-0.2, 0) is 6.42 Å². The van der Waals surface area contributed by atoms with E-state index in [1.165, 1.54) is 5.56 Å². The van der Waals surface area contributed by atoms with E-state index in [0.717, 1.165) is 12.2 Å². The van der Waals surface area contributed by atoms with Crippen LogP contribution in [0.2, 0.25) is 0 Å². The highest BCUT2D eigenvalue weighted by molar-refractivity contribution is 5.27. The molecule has 1 aromatic rings. The van der Waals surface area contributed by atoms with E-state index in [1.54, 1.807) is 0 Å². The molecule has 0 fully saturated rings. The second-order valence-corrected chi connectivity index (χ2v) is 4.94. The number of aliphatic hydroxyl groups is 1. The number of ether oxygens (including phenoxy) is 1. The van der Waals surface area contributed by atoms with Crippen LogP contribution in [0.3, 0.4) is 0 Å². The van der Waals surface area contributed by atoms with Crippen molar-refractivity contribution in [2.45, 2.75) is 45.3 Å². The fourth-order valence-corrected chi connectivity index (χ4v) is 1.80. The number of nitrogens with two attached hydrogens (primary N) is 1. The van der Waals surface area contributed by atoms with Crippen LogP contribution in [0.1, 0.15) is 32.8 Å². The van der Waals surface area contributed by atoms with Crippen LogP contribution in [0.15, 0.2) is 24.3 Å². The Bertz CT molecular complexity index is 333. The van der Waals surface area contributed by atoms with Gasteiger partial charge < -0.3 is 15.6 Å². The van der Waals surface area contributed by atoms with E-state index in [9.17, 15) is 0 Å². The molecule has 3 nitrogen and oxygen atoms in total. The SMILES string of the molecule is CCc1ccc(OC(C)CC(C)(N)CO)cc1. The van der Waals surface area contributed by atoms with Crippen molar-refractivity contribution < 1.29 is 9.84 Å². The Morgan fingerprint density at radius 1 is 1.35 bits per heavy atom. The van der Waals surface area contributed by atoms with Gasteiger partial charge in [-0.3, -0.25) is 0 Å². The lowest BCUT2D eigenvalue weighted by atomic mass is 9.97. The molecule has 2 atom stereocenters. The molecule has 0 aliphatic heterocycles. The molecule has 0 heterocycles. The molecule has 1 aromatic carbocycles. The van der Waals surface area contributed by atoms with Gasteiger partial charge in [-0.15, -0.1) is 0 Å². The van der Waals surface area contributed by atoms with Gasteiger partial charge in [-0.05, 0) is 38.0 Å². The van der Waals surface area contributed by atoms with Crippen molar-refractivity contribution in [2.24, 2.45) is 5.73 Å². The zero-order chi connectivity index (χ0) is 12.9. The van der Waals surface area contributed by atoms with E-state index in [4.69, 9.17) is 15.6 Å². The molecule has 0 saturated heterocycles.